The van der Waals surface area contributed by atoms with E-state index in [2.05, 4.69) is 17.0 Å². The molecule has 6 heteroatoms. The standard InChI is InChI=1S/C14H26N2O2S2/c1-4-5-6-7-8-12(2)16-20(17,18)14-10-9-13(19-14)11-15-3/h9-10,12,15-16H,4-8,11H2,1-3H3. The lowest BCUT2D eigenvalue weighted by molar-refractivity contribution is 0.523. The summed E-state index contributed by atoms with van der Waals surface area (Å²) in [4.78, 5) is 1.03. The second-order valence-corrected chi connectivity index (χ2v) is 8.23. The van der Waals surface area contributed by atoms with E-state index in [-0.39, 0.29) is 6.04 Å². The molecule has 0 amide bonds. The van der Waals surface area contributed by atoms with Crippen LogP contribution in [0.15, 0.2) is 16.3 Å². The topological polar surface area (TPSA) is 58.2 Å². The molecule has 0 spiro atoms. The summed E-state index contributed by atoms with van der Waals surface area (Å²) in [6.07, 6.45) is 5.57. The van der Waals surface area contributed by atoms with Gasteiger partial charge in [0, 0.05) is 17.5 Å². The van der Waals surface area contributed by atoms with Gasteiger partial charge >= 0.3 is 0 Å². The molecule has 4 nitrogen and oxygen atoms in total. The molecule has 1 aromatic heterocycles. The van der Waals surface area contributed by atoms with Gasteiger partial charge in [0.05, 0.1) is 0 Å². The van der Waals surface area contributed by atoms with E-state index in [0.717, 1.165) is 17.7 Å². The highest BCUT2D eigenvalue weighted by Crippen LogP contribution is 2.22. The van der Waals surface area contributed by atoms with E-state index in [9.17, 15) is 8.42 Å². The number of thiophene rings is 1. The zero-order chi connectivity index (χ0) is 15.0. The Balaban J connectivity index is 2.50. The third kappa shape index (κ3) is 5.91. The molecule has 1 rings (SSSR count). The van der Waals surface area contributed by atoms with Crippen LogP contribution in [0.1, 0.15) is 50.8 Å². The first kappa shape index (κ1) is 17.6. The van der Waals surface area contributed by atoms with Gasteiger partial charge in [-0.3, -0.25) is 0 Å². The molecule has 0 saturated carbocycles. The van der Waals surface area contributed by atoms with Crippen molar-refractivity contribution in [2.75, 3.05) is 7.05 Å². The Kier molecular flexibility index (Phi) is 7.72. The third-order valence-corrected chi connectivity index (χ3v) is 6.27. The Labute approximate surface area is 127 Å². The zero-order valence-electron chi connectivity index (χ0n) is 12.6. The van der Waals surface area contributed by atoms with Crippen LogP contribution in [0.2, 0.25) is 0 Å². The monoisotopic (exact) mass is 318 g/mol. The zero-order valence-corrected chi connectivity index (χ0v) is 14.2. The molecule has 1 aromatic rings. The van der Waals surface area contributed by atoms with Gasteiger partial charge in [-0.15, -0.1) is 11.3 Å². The molecule has 0 aliphatic heterocycles. The van der Waals surface area contributed by atoms with Crippen molar-refractivity contribution in [3.05, 3.63) is 17.0 Å². The third-order valence-electron chi connectivity index (χ3n) is 3.10. The second kappa shape index (κ2) is 8.77. The Bertz CT molecular complexity index is 483. The first-order valence-corrected chi connectivity index (χ1v) is 9.55. The summed E-state index contributed by atoms with van der Waals surface area (Å²) in [5.74, 6) is 0. The van der Waals surface area contributed by atoms with Crippen LogP contribution in [0.5, 0.6) is 0 Å². The average Bonchev–Trinajstić information content (AvgIpc) is 2.84. The molecule has 0 aromatic carbocycles. The first-order valence-electron chi connectivity index (χ1n) is 7.25. The minimum atomic E-state index is -3.36. The lowest BCUT2D eigenvalue weighted by Gasteiger charge is -2.13. The molecule has 20 heavy (non-hydrogen) atoms. The van der Waals surface area contributed by atoms with Crippen molar-refractivity contribution in [3.8, 4) is 0 Å². The highest BCUT2D eigenvalue weighted by Gasteiger charge is 2.19. The van der Waals surface area contributed by atoms with Gasteiger partial charge in [0.1, 0.15) is 4.21 Å². The maximum atomic E-state index is 12.2. The van der Waals surface area contributed by atoms with E-state index >= 15 is 0 Å². The van der Waals surface area contributed by atoms with Crippen molar-refractivity contribution >= 4 is 21.4 Å². The van der Waals surface area contributed by atoms with Gasteiger partial charge in [-0.05, 0) is 32.5 Å². The number of hydrogen-bond acceptors (Lipinski definition) is 4. The molecular formula is C14H26N2O2S2. The average molecular weight is 319 g/mol. The van der Waals surface area contributed by atoms with E-state index in [4.69, 9.17) is 0 Å². The van der Waals surface area contributed by atoms with Crippen LogP contribution >= 0.6 is 11.3 Å². The number of unbranched alkanes of at least 4 members (excludes halogenated alkanes) is 3. The van der Waals surface area contributed by atoms with E-state index in [1.54, 1.807) is 6.07 Å². The van der Waals surface area contributed by atoms with E-state index in [1.807, 2.05) is 20.0 Å². The van der Waals surface area contributed by atoms with Crippen LogP contribution in [0.3, 0.4) is 0 Å². The van der Waals surface area contributed by atoms with Crippen LogP contribution in [-0.2, 0) is 16.6 Å². The SMILES string of the molecule is CCCCCCC(C)NS(=O)(=O)c1ccc(CNC)s1. The van der Waals surface area contributed by atoms with Crippen molar-refractivity contribution < 1.29 is 8.42 Å². The van der Waals surface area contributed by atoms with Gasteiger partial charge < -0.3 is 5.32 Å². The number of sulfonamides is 1. The smallest absolute Gasteiger partial charge is 0.250 e. The Morgan fingerprint density at radius 1 is 1.25 bits per heavy atom. The molecule has 1 unspecified atom stereocenters. The highest BCUT2D eigenvalue weighted by molar-refractivity contribution is 7.91. The van der Waals surface area contributed by atoms with Gasteiger partial charge in [0.25, 0.3) is 0 Å². The number of rotatable bonds is 10. The van der Waals surface area contributed by atoms with Gasteiger partial charge in [-0.25, -0.2) is 13.1 Å². The normalized spacial score (nSPS) is 13.6. The summed E-state index contributed by atoms with van der Waals surface area (Å²) in [7, 11) is -1.51. The summed E-state index contributed by atoms with van der Waals surface area (Å²) in [5.41, 5.74) is 0. The van der Waals surface area contributed by atoms with Crippen LogP contribution < -0.4 is 10.0 Å². The van der Waals surface area contributed by atoms with Crippen LogP contribution in [0.4, 0.5) is 0 Å². The molecule has 0 fully saturated rings. The van der Waals surface area contributed by atoms with Gasteiger partial charge in [-0.2, -0.15) is 0 Å². The molecule has 2 N–H and O–H groups in total. The molecule has 0 radical (unpaired) electrons. The van der Waals surface area contributed by atoms with Crippen molar-refractivity contribution in [2.45, 2.75) is 62.7 Å². The van der Waals surface area contributed by atoms with Crippen molar-refractivity contribution in [2.24, 2.45) is 0 Å². The van der Waals surface area contributed by atoms with E-state index in [0.29, 0.717) is 10.8 Å². The van der Waals surface area contributed by atoms with Gasteiger partial charge in [0.2, 0.25) is 10.0 Å². The van der Waals surface area contributed by atoms with Crippen LogP contribution in [0, 0.1) is 0 Å². The number of nitrogens with one attached hydrogen (secondary N) is 2. The molecular weight excluding hydrogens is 292 g/mol. The first-order chi connectivity index (χ1) is 9.49. The Morgan fingerprint density at radius 3 is 2.65 bits per heavy atom. The summed E-state index contributed by atoms with van der Waals surface area (Å²) in [5, 5.41) is 3.02. The molecule has 116 valence electrons. The summed E-state index contributed by atoms with van der Waals surface area (Å²) >= 11 is 1.33. The van der Waals surface area contributed by atoms with Crippen molar-refractivity contribution in [1.82, 2.24) is 10.0 Å². The molecule has 1 atom stereocenters. The van der Waals surface area contributed by atoms with Crippen molar-refractivity contribution in [3.63, 3.8) is 0 Å². The quantitative estimate of drug-likeness (QED) is 0.652. The van der Waals surface area contributed by atoms with Gasteiger partial charge in [0.15, 0.2) is 0 Å². The molecule has 1 heterocycles. The lowest BCUT2D eigenvalue weighted by atomic mass is 10.1. The fourth-order valence-electron chi connectivity index (χ4n) is 2.03. The molecule has 0 bridgehead atoms. The minimum absolute atomic E-state index is 0.00768. The predicted molar refractivity (Wildman–Crippen MR) is 85.6 cm³/mol. The van der Waals surface area contributed by atoms with Gasteiger partial charge in [-0.1, -0.05) is 32.6 Å². The van der Waals surface area contributed by atoms with E-state index < -0.39 is 10.0 Å². The predicted octanol–water partition coefficient (Wildman–Crippen LogP) is 3.10. The highest BCUT2D eigenvalue weighted by atomic mass is 32.2. The van der Waals surface area contributed by atoms with Crippen molar-refractivity contribution in [1.29, 1.82) is 0 Å². The Morgan fingerprint density at radius 2 is 2.00 bits per heavy atom. The lowest BCUT2D eigenvalue weighted by Crippen LogP contribution is -2.32. The fraction of sp³-hybridized carbons (Fsp3) is 0.714. The summed E-state index contributed by atoms with van der Waals surface area (Å²) in [6.45, 7) is 4.81. The maximum absolute atomic E-state index is 12.2. The Hall–Kier alpha value is -0.430. The minimum Gasteiger partial charge on any atom is -0.315 e. The largest absolute Gasteiger partial charge is 0.315 e. The fourth-order valence-corrected chi connectivity index (χ4v) is 4.69. The molecule has 0 saturated heterocycles. The van der Waals surface area contributed by atoms with E-state index in [1.165, 1.54) is 30.6 Å². The summed E-state index contributed by atoms with van der Waals surface area (Å²) < 4.78 is 27.6. The second-order valence-electron chi connectivity index (χ2n) is 5.12. The molecule has 0 aliphatic rings. The maximum Gasteiger partial charge on any atom is 0.250 e. The van der Waals surface area contributed by atoms with Crippen LogP contribution in [0.25, 0.3) is 0 Å². The van der Waals surface area contributed by atoms with Crippen LogP contribution in [-0.4, -0.2) is 21.5 Å². The number of hydrogen-bond donors (Lipinski definition) is 2. The molecule has 0 aliphatic carbocycles. The summed E-state index contributed by atoms with van der Waals surface area (Å²) in [6, 6.07) is 3.54.